The molecule has 0 unspecified atom stereocenters. The van der Waals surface area contributed by atoms with Crippen molar-refractivity contribution in [2.75, 3.05) is 50.0 Å². The van der Waals surface area contributed by atoms with Crippen molar-refractivity contribution in [2.24, 2.45) is 5.73 Å². The number of hydrogen-bond acceptors (Lipinski definition) is 9. The van der Waals surface area contributed by atoms with E-state index in [4.69, 9.17) is 20.7 Å². The molecule has 0 atom stereocenters. The molecule has 1 fully saturated rings. The van der Waals surface area contributed by atoms with E-state index < -0.39 is 5.91 Å². The minimum absolute atomic E-state index is 0.423. The zero-order valence-electron chi connectivity index (χ0n) is 22.5. The van der Waals surface area contributed by atoms with Crippen molar-refractivity contribution in [3.05, 3.63) is 41.0 Å². The Balaban J connectivity index is 0.00000172. The number of benzene rings is 1. The lowest BCUT2D eigenvalue weighted by Gasteiger charge is -2.33. The highest BCUT2D eigenvalue weighted by atomic mass is 127. The highest BCUT2D eigenvalue weighted by molar-refractivity contribution is 14.2. The first-order chi connectivity index (χ1) is 19.0. The summed E-state index contributed by atoms with van der Waals surface area (Å²) < 4.78 is 1.00. The molecule has 5 rings (SSSR count). The topological polar surface area (TPSA) is 100 Å². The number of nitrogens with one attached hydrogen (secondary N) is 1. The standard InChI is InChI=1S/C26H26IN7OS2.C2H6/c1-3-9-29-24-23-16-4-5-18(30-17(16)6-7-20(23)37-25(24)26(28)35)19-15-22(32-21(31-19)8-14-36-27)34-12-10-33(2)11-13-34;1-2/h4-7,15,29H,3,9-13H2,1-2H3,(H2,28,35);1-2H3. The first-order valence-electron chi connectivity index (χ1n) is 13.0. The SMILES string of the molecule is CC.CCCNc1c(C(N)=O)sc2ccc3nc(-c4cc(N5CCN(C)CC5)nc(C#CSI)n4)ccc3c12. The molecule has 3 N–H and O–H groups in total. The van der Waals surface area contributed by atoms with Crippen LogP contribution in [0, 0.1) is 11.2 Å². The highest BCUT2D eigenvalue weighted by Gasteiger charge is 2.20. The number of nitrogens with two attached hydrogens (primary N) is 1. The largest absolute Gasteiger partial charge is 0.383 e. The Kier molecular flexibility index (Phi) is 10.2. The van der Waals surface area contributed by atoms with Gasteiger partial charge >= 0.3 is 0 Å². The number of likely N-dealkylation sites (N-methyl/N-ethyl adjacent to an activating group) is 1. The molecule has 4 aromatic rings. The molecule has 1 aliphatic heterocycles. The van der Waals surface area contributed by atoms with Gasteiger partial charge in [-0.2, -0.15) is 0 Å². The molecule has 204 valence electrons. The highest BCUT2D eigenvalue weighted by Crippen LogP contribution is 2.40. The summed E-state index contributed by atoms with van der Waals surface area (Å²) in [6.07, 6.45) is 0.938. The van der Waals surface area contributed by atoms with Gasteiger partial charge in [0.05, 0.1) is 22.6 Å². The molecule has 0 saturated carbocycles. The second-order valence-electron chi connectivity index (χ2n) is 8.83. The zero-order chi connectivity index (χ0) is 27.9. The van der Waals surface area contributed by atoms with Gasteiger partial charge in [0.25, 0.3) is 5.91 Å². The van der Waals surface area contributed by atoms with Crippen molar-refractivity contribution in [3.63, 3.8) is 0 Å². The molecule has 1 amide bonds. The van der Waals surface area contributed by atoms with Crippen LogP contribution in [0.15, 0.2) is 30.3 Å². The Morgan fingerprint density at radius 3 is 2.59 bits per heavy atom. The third kappa shape index (κ3) is 6.57. The molecule has 4 heterocycles. The van der Waals surface area contributed by atoms with Crippen molar-refractivity contribution < 1.29 is 4.79 Å². The molecule has 0 radical (unpaired) electrons. The van der Waals surface area contributed by atoms with Crippen molar-refractivity contribution >= 4 is 79.9 Å². The summed E-state index contributed by atoms with van der Waals surface area (Å²) in [5.41, 5.74) is 8.82. The molecule has 1 saturated heterocycles. The van der Waals surface area contributed by atoms with E-state index >= 15 is 0 Å². The van der Waals surface area contributed by atoms with Crippen LogP contribution in [0.25, 0.3) is 32.4 Å². The van der Waals surface area contributed by atoms with Gasteiger partial charge in [0.2, 0.25) is 5.82 Å². The van der Waals surface area contributed by atoms with Gasteiger partial charge in [0.1, 0.15) is 10.7 Å². The van der Waals surface area contributed by atoms with Gasteiger partial charge < -0.3 is 20.9 Å². The predicted molar refractivity (Wildman–Crippen MR) is 175 cm³/mol. The van der Waals surface area contributed by atoms with Gasteiger partial charge in [0, 0.05) is 75.5 Å². The molecule has 8 nitrogen and oxygen atoms in total. The summed E-state index contributed by atoms with van der Waals surface area (Å²) in [5, 5.41) is 8.37. The summed E-state index contributed by atoms with van der Waals surface area (Å²) in [5.74, 6) is 4.00. The first kappa shape index (κ1) is 29.3. The Hall–Kier alpha value is -2.66. The molecule has 0 bridgehead atoms. The van der Waals surface area contributed by atoms with Gasteiger partial charge in [-0.25, -0.2) is 15.0 Å². The summed E-state index contributed by atoms with van der Waals surface area (Å²) in [6.45, 7) is 10.6. The Labute approximate surface area is 249 Å². The number of anilines is 2. The van der Waals surface area contributed by atoms with Crippen LogP contribution in [0.2, 0.25) is 0 Å². The predicted octanol–water partition coefficient (Wildman–Crippen LogP) is 6.00. The molecule has 11 heteroatoms. The van der Waals surface area contributed by atoms with Crippen LogP contribution in [0.3, 0.4) is 0 Å². The molecule has 39 heavy (non-hydrogen) atoms. The van der Waals surface area contributed by atoms with Crippen LogP contribution in [-0.2, 0) is 0 Å². The average molecular weight is 674 g/mol. The number of thiophene rings is 1. The lowest BCUT2D eigenvalue weighted by atomic mass is 10.1. The number of hydrogen-bond donors (Lipinski definition) is 2. The van der Waals surface area contributed by atoms with Crippen molar-refractivity contribution in [1.82, 2.24) is 19.9 Å². The maximum atomic E-state index is 12.2. The van der Waals surface area contributed by atoms with Gasteiger partial charge in [-0.3, -0.25) is 4.79 Å². The third-order valence-electron chi connectivity index (χ3n) is 6.30. The summed E-state index contributed by atoms with van der Waals surface area (Å²) in [6, 6.07) is 10.0. The van der Waals surface area contributed by atoms with Gasteiger partial charge in [-0.1, -0.05) is 20.8 Å². The van der Waals surface area contributed by atoms with Crippen molar-refractivity contribution in [2.45, 2.75) is 27.2 Å². The molecular formula is C28H32IN7OS2. The fourth-order valence-corrected chi connectivity index (χ4v) is 5.93. The number of amides is 1. The van der Waals surface area contributed by atoms with Crippen LogP contribution in [0.5, 0.6) is 0 Å². The summed E-state index contributed by atoms with van der Waals surface area (Å²) >= 11 is 3.56. The first-order valence-corrected chi connectivity index (χ1v) is 17.2. The molecular weight excluding hydrogens is 641 g/mol. The molecule has 1 aromatic carbocycles. The maximum Gasteiger partial charge on any atom is 0.260 e. The van der Waals surface area contributed by atoms with E-state index in [0.29, 0.717) is 10.7 Å². The van der Waals surface area contributed by atoms with Crippen LogP contribution in [0.1, 0.15) is 42.7 Å². The summed E-state index contributed by atoms with van der Waals surface area (Å²) in [7, 11) is 3.54. The summed E-state index contributed by atoms with van der Waals surface area (Å²) in [4.78, 5) is 31.7. The minimum Gasteiger partial charge on any atom is -0.383 e. The monoisotopic (exact) mass is 673 g/mol. The lowest BCUT2D eigenvalue weighted by Crippen LogP contribution is -2.44. The number of carbonyl (C=O) groups excluding carboxylic acids is 1. The number of aromatic nitrogens is 3. The number of primary amides is 1. The number of rotatable bonds is 6. The Morgan fingerprint density at radius 1 is 1.13 bits per heavy atom. The van der Waals surface area contributed by atoms with Crippen LogP contribution < -0.4 is 16.0 Å². The van der Waals surface area contributed by atoms with E-state index in [0.717, 1.165) is 83.0 Å². The minimum atomic E-state index is -0.423. The number of fused-ring (bicyclic) bond motifs is 3. The second kappa shape index (κ2) is 13.6. The number of pyridine rings is 1. The van der Waals surface area contributed by atoms with Gasteiger partial charge in [-0.05, 0) is 57.8 Å². The van der Waals surface area contributed by atoms with E-state index in [1.54, 1.807) is 0 Å². The van der Waals surface area contributed by atoms with Crippen molar-refractivity contribution in [1.29, 1.82) is 0 Å². The molecule has 1 aliphatic rings. The zero-order valence-corrected chi connectivity index (χ0v) is 26.3. The lowest BCUT2D eigenvalue weighted by molar-refractivity contribution is 0.100. The van der Waals surface area contributed by atoms with Crippen LogP contribution in [0.4, 0.5) is 11.5 Å². The number of carbonyl (C=O) groups is 1. The molecule has 0 spiro atoms. The fourth-order valence-electron chi connectivity index (χ4n) is 4.42. The number of halogens is 1. The Morgan fingerprint density at radius 2 is 1.90 bits per heavy atom. The van der Waals surface area contributed by atoms with E-state index in [2.05, 4.69) is 67.5 Å². The van der Waals surface area contributed by atoms with E-state index in [9.17, 15) is 4.79 Å². The smallest absolute Gasteiger partial charge is 0.260 e. The van der Waals surface area contributed by atoms with Crippen LogP contribution >= 0.6 is 41.5 Å². The molecule has 0 aliphatic carbocycles. The molecule has 3 aromatic heterocycles. The third-order valence-corrected chi connectivity index (χ3v) is 8.31. The van der Waals surface area contributed by atoms with E-state index in [1.807, 2.05) is 38.1 Å². The van der Waals surface area contributed by atoms with E-state index in [1.165, 1.54) is 20.3 Å². The number of piperazine rings is 1. The average Bonchev–Trinajstić information content (AvgIpc) is 3.35. The fraction of sp³-hybridized carbons (Fsp3) is 0.357. The second-order valence-corrected chi connectivity index (χ2v) is 11.6. The number of nitrogens with zero attached hydrogens (tertiary/aromatic N) is 5. The van der Waals surface area contributed by atoms with Gasteiger partial charge in [0.15, 0.2) is 0 Å². The Bertz CT molecular complexity index is 1540. The normalized spacial score (nSPS) is 13.5. The van der Waals surface area contributed by atoms with Crippen LogP contribution in [-0.4, -0.2) is 65.5 Å². The van der Waals surface area contributed by atoms with E-state index in [-0.39, 0.29) is 0 Å². The van der Waals surface area contributed by atoms with Crippen molar-refractivity contribution in [3.8, 4) is 22.6 Å². The maximum absolute atomic E-state index is 12.2. The quantitative estimate of drug-likeness (QED) is 0.190. The van der Waals surface area contributed by atoms with Gasteiger partial charge in [-0.15, -0.1) is 11.3 Å².